The van der Waals surface area contributed by atoms with E-state index < -0.39 is 0 Å². The molecule has 1 amide bonds. The summed E-state index contributed by atoms with van der Waals surface area (Å²) in [5.41, 5.74) is 0.438. The van der Waals surface area contributed by atoms with Crippen LogP contribution in [0.2, 0.25) is 0 Å². The van der Waals surface area contributed by atoms with Crippen molar-refractivity contribution in [2.75, 3.05) is 13.2 Å². The number of carbonyl (C=O) groups is 1. The minimum absolute atomic E-state index is 0.0791. The molecule has 24 heavy (non-hydrogen) atoms. The lowest BCUT2D eigenvalue weighted by molar-refractivity contribution is 0.00736. The first-order valence-electron chi connectivity index (χ1n) is 8.26. The Hall–Kier alpha value is -1.73. The summed E-state index contributed by atoms with van der Waals surface area (Å²) in [7, 11) is 0. The molecule has 0 bridgehead atoms. The molecule has 7 heteroatoms. The molecular formula is C17H24N4O2S. The number of ether oxygens (including phenoxy) is 1. The van der Waals surface area contributed by atoms with Gasteiger partial charge in [-0.3, -0.25) is 4.79 Å². The molecule has 0 aromatic carbocycles. The summed E-state index contributed by atoms with van der Waals surface area (Å²) in [4.78, 5) is 13.5. The highest BCUT2D eigenvalue weighted by Gasteiger charge is 2.37. The van der Waals surface area contributed by atoms with Gasteiger partial charge in [0.25, 0.3) is 5.91 Å². The SMILES string of the molecule is CC(C)(C)[C@H]1OCC[C@H]1CNC(=O)c1cn(Cc2cccs2)nn1. The van der Waals surface area contributed by atoms with Crippen molar-refractivity contribution in [3.63, 3.8) is 0 Å². The summed E-state index contributed by atoms with van der Waals surface area (Å²) >= 11 is 1.66. The van der Waals surface area contributed by atoms with Gasteiger partial charge in [-0.2, -0.15) is 0 Å². The molecule has 3 heterocycles. The Morgan fingerprint density at radius 1 is 1.50 bits per heavy atom. The van der Waals surface area contributed by atoms with Gasteiger partial charge in [0.15, 0.2) is 5.69 Å². The number of amides is 1. The zero-order chi connectivity index (χ0) is 17.2. The van der Waals surface area contributed by atoms with Crippen LogP contribution in [0.3, 0.4) is 0 Å². The third-order valence-electron chi connectivity index (χ3n) is 4.26. The summed E-state index contributed by atoms with van der Waals surface area (Å²) in [5.74, 6) is 0.169. The molecule has 3 rings (SSSR count). The van der Waals surface area contributed by atoms with E-state index in [9.17, 15) is 4.79 Å². The summed E-state index contributed by atoms with van der Waals surface area (Å²) in [5, 5.41) is 13.0. The monoisotopic (exact) mass is 348 g/mol. The van der Waals surface area contributed by atoms with Gasteiger partial charge in [0, 0.05) is 23.9 Å². The second-order valence-corrected chi connectivity index (χ2v) is 8.33. The highest BCUT2D eigenvalue weighted by atomic mass is 32.1. The van der Waals surface area contributed by atoms with Crippen molar-refractivity contribution in [3.05, 3.63) is 34.3 Å². The number of carbonyl (C=O) groups excluding carboxylic acids is 1. The Morgan fingerprint density at radius 2 is 2.33 bits per heavy atom. The van der Waals surface area contributed by atoms with Crippen molar-refractivity contribution in [3.8, 4) is 0 Å². The van der Waals surface area contributed by atoms with Crippen LogP contribution in [-0.2, 0) is 11.3 Å². The van der Waals surface area contributed by atoms with Gasteiger partial charge in [-0.1, -0.05) is 32.1 Å². The van der Waals surface area contributed by atoms with Crippen molar-refractivity contribution < 1.29 is 9.53 Å². The van der Waals surface area contributed by atoms with Gasteiger partial charge in [0.1, 0.15) is 0 Å². The Bertz CT molecular complexity index is 675. The molecule has 1 saturated heterocycles. The maximum absolute atomic E-state index is 12.3. The average molecular weight is 348 g/mol. The highest BCUT2D eigenvalue weighted by Crippen LogP contribution is 2.34. The molecule has 0 unspecified atom stereocenters. The van der Waals surface area contributed by atoms with E-state index in [0.29, 0.717) is 24.7 Å². The third kappa shape index (κ3) is 4.02. The average Bonchev–Trinajstić information content (AvgIpc) is 3.25. The molecule has 0 saturated carbocycles. The summed E-state index contributed by atoms with van der Waals surface area (Å²) in [6, 6.07) is 4.04. The quantitative estimate of drug-likeness (QED) is 0.902. The number of aromatic nitrogens is 3. The number of hydrogen-bond acceptors (Lipinski definition) is 5. The summed E-state index contributed by atoms with van der Waals surface area (Å²) in [6.45, 7) is 8.54. The topological polar surface area (TPSA) is 69.0 Å². The Morgan fingerprint density at radius 3 is 3.04 bits per heavy atom. The van der Waals surface area contributed by atoms with E-state index in [-0.39, 0.29) is 17.4 Å². The maximum atomic E-state index is 12.3. The standard InChI is InChI=1S/C17H24N4O2S/c1-17(2,3)15-12(6-7-23-15)9-18-16(22)14-11-21(20-19-14)10-13-5-4-8-24-13/h4-5,8,11-12,15H,6-7,9-10H2,1-3H3,(H,18,22)/t12-,15-/m0/s1. The molecule has 1 N–H and O–H groups in total. The minimum Gasteiger partial charge on any atom is -0.377 e. The van der Waals surface area contributed by atoms with Gasteiger partial charge in [0.2, 0.25) is 0 Å². The molecule has 1 aliphatic rings. The maximum Gasteiger partial charge on any atom is 0.273 e. The first-order chi connectivity index (χ1) is 11.4. The lowest BCUT2D eigenvalue weighted by Gasteiger charge is -2.31. The highest BCUT2D eigenvalue weighted by molar-refractivity contribution is 7.09. The number of hydrogen-bond donors (Lipinski definition) is 1. The van der Waals surface area contributed by atoms with Gasteiger partial charge in [-0.05, 0) is 23.3 Å². The zero-order valence-corrected chi connectivity index (χ0v) is 15.2. The van der Waals surface area contributed by atoms with E-state index in [1.165, 1.54) is 4.88 Å². The summed E-state index contributed by atoms with van der Waals surface area (Å²) in [6.07, 6.45) is 2.85. The van der Waals surface area contributed by atoms with Crippen molar-refractivity contribution in [1.29, 1.82) is 0 Å². The molecule has 0 aliphatic carbocycles. The molecular weight excluding hydrogens is 324 g/mol. The molecule has 2 aromatic rings. The zero-order valence-electron chi connectivity index (χ0n) is 14.4. The smallest absolute Gasteiger partial charge is 0.273 e. The molecule has 130 valence electrons. The molecule has 6 nitrogen and oxygen atoms in total. The van der Waals surface area contributed by atoms with Crippen molar-refractivity contribution >= 4 is 17.2 Å². The number of rotatable bonds is 5. The largest absolute Gasteiger partial charge is 0.377 e. The summed E-state index contributed by atoms with van der Waals surface area (Å²) < 4.78 is 7.54. The fourth-order valence-electron chi connectivity index (χ4n) is 3.16. The second-order valence-electron chi connectivity index (χ2n) is 7.30. The van der Waals surface area contributed by atoms with Crippen molar-refractivity contribution in [2.24, 2.45) is 11.3 Å². The fraction of sp³-hybridized carbons (Fsp3) is 0.588. The molecule has 0 spiro atoms. The van der Waals surface area contributed by atoms with Gasteiger partial charge in [0.05, 0.1) is 18.8 Å². The minimum atomic E-state index is -0.174. The van der Waals surface area contributed by atoms with Gasteiger partial charge < -0.3 is 10.1 Å². The normalized spacial score (nSPS) is 21.1. The van der Waals surface area contributed by atoms with Crippen LogP contribution in [0.4, 0.5) is 0 Å². The van der Waals surface area contributed by atoms with E-state index in [4.69, 9.17) is 4.74 Å². The number of thiophene rings is 1. The molecule has 1 fully saturated rings. The van der Waals surface area contributed by atoms with Gasteiger partial charge in [-0.15, -0.1) is 16.4 Å². The van der Waals surface area contributed by atoms with Crippen LogP contribution < -0.4 is 5.32 Å². The van der Waals surface area contributed by atoms with Crippen molar-refractivity contribution in [2.45, 2.75) is 39.8 Å². The molecule has 2 aromatic heterocycles. The third-order valence-corrected chi connectivity index (χ3v) is 5.12. The molecule has 1 aliphatic heterocycles. The van der Waals surface area contributed by atoms with Crippen LogP contribution in [0.25, 0.3) is 0 Å². The van der Waals surface area contributed by atoms with E-state index in [1.807, 2.05) is 17.5 Å². The van der Waals surface area contributed by atoms with Crippen LogP contribution >= 0.6 is 11.3 Å². The fourth-order valence-corrected chi connectivity index (χ4v) is 3.85. The molecule has 2 atom stereocenters. The Balaban J connectivity index is 1.55. The second kappa shape index (κ2) is 7.03. The number of nitrogens with one attached hydrogen (secondary N) is 1. The first-order valence-corrected chi connectivity index (χ1v) is 9.14. The van der Waals surface area contributed by atoms with E-state index in [1.54, 1.807) is 22.2 Å². The first kappa shape index (κ1) is 17.1. The Kier molecular flexibility index (Phi) is 5.01. The van der Waals surface area contributed by atoms with E-state index in [2.05, 4.69) is 36.4 Å². The van der Waals surface area contributed by atoms with Gasteiger partial charge in [-0.25, -0.2) is 4.68 Å². The van der Waals surface area contributed by atoms with Crippen LogP contribution in [-0.4, -0.2) is 40.2 Å². The lowest BCUT2D eigenvalue weighted by atomic mass is 9.81. The van der Waals surface area contributed by atoms with Crippen LogP contribution in [0.5, 0.6) is 0 Å². The number of nitrogens with zero attached hydrogens (tertiary/aromatic N) is 3. The van der Waals surface area contributed by atoms with Gasteiger partial charge >= 0.3 is 0 Å². The van der Waals surface area contributed by atoms with Crippen LogP contribution in [0.1, 0.15) is 42.6 Å². The van der Waals surface area contributed by atoms with E-state index >= 15 is 0 Å². The van der Waals surface area contributed by atoms with Crippen molar-refractivity contribution in [1.82, 2.24) is 20.3 Å². The molecule has 0 radical (unpaired) electrons. The predicted octanol–water partition coefficient (Wildman–Crippen LogP) is 2.57. The predicted molar refractivity (Wildman–Crippen MR) is 93.1 cm³/mol. The Labute approximate surface area is 146 Å². The van der Waals surface area contributed by atoms with Crippen LogP contribution in [0.15, 0.2) is 23.7 Å². The lowest BCUT2D eigenvalue weighted by Crippen LogP contribution is -2.38. The van der Waals surface area contributed by atoms with Crippen LogP contribution in [0, 0.1) is 11.3 Å². The van der Waals surface area contributed by atoms with E-state index in [0.717, 1.165) is 13.0 Å².